The zero-order valence-corrected chi connectivity index (χ0v) is 8.09. The monoisotopic (exact) mass is 194 g/mol. The Kier molecular flexibility index (Phi) is 4.13. The molecule has 0 fully saturated rings. The molecular weight excluding hydrogens is 179 g/mol. The number of rotatable bonds is 5. The van der Waals surface area contributed by atoms with Crippen LogP contribution < -0.4 is 11.1 Å². The molecular formula is C11H15FN2. The Hall–Kier alpha value is -1.35. The van der Waals surface area contributed by atoms with Crippen LogP contribution in [-0.2, 0) is 6.42 Å². The van der Waals surface area contributed by atoms with Crippen LogP contribution in [0, 0.1) is 5.82 Å². The minimum atomic E-state index is -0.224. The Balaban J connectivity index is 2.83. The van der Waals surface area contributed by atoms with E-state index in [4.69, 9.17) is 5.73 Å². The fourth-order valence-electron chi connectivity index (χ4n) is 1.28. The first-order chi connectivity index (χ1) is 6.77. The van der Waals surface area contributed by atoms with Crippen LogP contribution in [0.4, 0.5) is 10.1 Å². The molecule has 0 atom stereocenters. The largest absolute Gasteiger partial charge is 0.381 e. The lowest BCUT2D eigenvalue weighted by atomic mass is 10.1. The van der Waals surface area contributed by atoms with Crippen molar-refractivity contribution < 1.29 is 4.39 Å². The molecule has 0 aliphatic rings. The van der Waals surface area contributed by atoms with Crippen molar-refractivity contribution in [3.8, 4) is 0 Å². The SMILES string of the molecule is C=CCNc1ccc(F)cc1CCN. The fraction of sp³-hybridized carbons (Fsp3) is 0.273. The molecule has 0 saturated carbocycles. The van der Waals surface area contributed by atoms with Gasteiger partial charge in [-0.05, 0) is 36.7 Å². The predicted molar refractivity (Wildman–Crippen MR) is 57.8 cm³/mol. The topological polar surface area (TPSA) is 38.0 Å². The average Bonchev–Trinajstić information content (AvgIpc) is 2.17. The van der Waals surface area contributed by atoms with Crippen LogP contribution in [-0.4, -0.2) is 13.1 Å². The summed E-state index contributed by atoms with van der Waals surface area (Å²) in [5, 5.41) is 3.13. The standard InChI is InChI=1S/C11H15FN2/c1-2-7-14-11-4-3-10(12)8-9(11)5-6-13/h2-4,8,14H,1,5-7,13H2. The number of benzene rings is 1. The number of hydrogen-bond donors (Lipinski definition) is 2. The van der Waals surface area contributed by atoms with Gasteiger partial charge in [-0.25, -0.2) is 4.39 Å². The Morgan fingerprint density at radius 1 is 1.50 bits per heavy atom. The van der Waals surface area contributed by atoms with E-state index < -0.39 is 0 Å². The van der Waals surface area contributed by atoms with E-state index in [-0.39, 0.29) is 5.82 Å². The lowest BCUT2D eigenvalue weighted by Crippen LogP contribution is -2.07. The zero-order chi connectivity index (χ0) is 10.4. The van der Waals surface area contributed by atoms with Crippen LogP contribution in [0.15, 0.2) is 30.9 Å². The van der Waals surface area contributed by atoms with Gasteiger partial charge in [-0.3, -0.25) is 0 Å². The lowest BCUT2D eigenvalue weighted by molar-refractivity contribution is 0.625. The molecule has 0 aliphatic heterocycles. The predicted octanol–water partition coefficient (Wildman–Crippen LogP) is 1.92. The minimum Gasteiger partial charge on any atom is -0.381 e. The molecule has 0 spiro atoms. The summed E-state index contributed by atoms with van der Waals surface area (Å²) >= 11 is 0. The smallest absolute Gasteiger partial charge is 0.123 e. The molecule has 0 bridgehead atoms. The number of halogens is 1. The molecule has 2 nitrogen and oxygen atoms in total. The van der Waals surface area contributed by atoms with E-state index in [0.29, 0.717) is 19.5 Å². The fourth-order valence-corrected chi connectivity index (χ4v) is 1.28. The van der Waals surface area contributed by atoms with Gasteiger partial charge >= 0.3 is 0 Å². The Morgan fingerprint density at radius 3 is 2.93 bits per heavy atom. The summed E-state index contributed by atoms with van der Waals surface area (Å²) in [6, 6.07) is 4.67. The number of hydrogen-bond acceptors (Lipinski definition) is 2. The van der Waals surface area contributed by atoms with E-state index in [2.05, 4.69) is 11.9 Å². The van der Waals surface area contributed by atoms with Crippen LogP contribution in [0.5, 0.6) is 0 Å². The van der Waals surface area contributed by atoms with E-state index in [1.165, 1.54) is 12.1 Å². The lowest BCUT2D eigenvalue weighted by Gasteiger charge is -2.09. The van der Waals surface area contributed by atoms with Gasteiger partial charge in [0.05, 0.1) is 0 Å². The van der Waals surface area contributed by atoms with E-state index in [0.717, 1.165) is 11.3 Å². The second-order valence-electron chi connectivity index (χ2n) is 3.01. The van der Waals surface area contributed by atoms with Crippen molar-refractivity contribution in [1.82, 2.24) is 0 Å². The summed E-state index contributed by atoms with van der Waals surface area (Å²) in [4.78, 5) is 0. The summed E-state index contributed by atoms with van der Waals surface area (Å²) in [5.41, 5.74) is 7.28. The molecule has 1 rings (SSSR count). The summed E-state index contributed by atoms with van der Waals surface area (Å²) < 4.78 is 12.9. The molecule has 14 heavy (non-hydrogen) atoms. The second kappa shape index (κ2) is 5.40. The van der Waals surface area contributed by atoms with Crippen LogP contribution in [0.1, 0.15) is 5.56 Å². The number of nitrogens with two attached hydrogens (primary N) is 1. The van der Waals surface area contributed by atoms with Gasteiger partial charge in [0.25, 0.3) is 0 Å². The summed E-state index contributed by atoms with van der Waals surface area (Å²) in [5.74, 6) is -0.224. The summed E-state index contributed by atoms with van der Waals surface area (Å²) in [6.45, 7) is 4.80. The van der Waals surface area contributed by atoms with Gasteiger partial charge in [-0.2, -0.15) is 0 Å². The highest BCUT2D eigenvalue weighted by molar-refractivity contribution is 5.51. The highest BCUT2D eigenvalue weighted by Gasteiger charge is 2.01. The first-order valence-corrected chi connectivity index (χ1v) is 4.61. The minimum absolute atomic E-state index is 0.224. The Bertz CT molecular complexity index is 310. The molecule has 0 heterocycles. The van der Waals surface area contributed by atoms with Crippen LogP contribution in [0.3, 0.4) is 0 Å². The van der Waals surface area contributed by atoms with Crippen molar-refractivity contribution >= 4 is 5.69 Å². The van der Waals surface area contributed by atoms with Crippen molar-refractivity contribution in [2.24, 2.45) is 5.73 Å². The Morgan fingerprint density at radius 2 is 2.29 bits per heavy atom. The van der Waals surface area contributed by atoms with Crippen molar-refractivity contribution in [2.45, 2.75) is 6.42 Å². The van der Waals surface area contributed by atoms with E-state index in [9.17, 15) is 4.39 Å². The van der Waals surface area contributed by atoms with Crippen LogP contribution in [0.25, 0.3) is 0 Å². The maximum Gasteiger partial charge on any atom is 0.123 e. The van der Waals surface area contributed by atoms with E-state index in [1.54, 1.807) is 12.1 Å². The van der Waals surface area contributed by atoms with Gasteiger partial charge in [-0.15, -0.1) is 6.58 Å². The molecule has 0 radical (unpaired) electrons. The van der Waals surface area contributed by atoms with Gasteiger partial charge in [-0.1, -0.05) is 6.08 Å². The average molecular weight is 194 g/mol. The molecule has 0 aromatic heterocycles. The highest BCUT2D eigenvalue weighted by atomic mass is 19.1. The van der Waals surface area contributed by atoms with Crippen LogP contribution >= 0.6 is 0 Å². The van der Waals surface area contributed by atoms with E-state index >= 15 is 0 Å². The summed E-state index contributed by atoms with van der Waals surface area (Å²) in [6.07, 6.45) is 2.44. The number of nitrogens with one attached hydrogen (secondary N) is 1. The third kappa shape index (κ3) is 2.85. The van der Waals surface area contributed by atoms with Crippen LogP contribution in [0.2, 0.25) is 0 Å². The normalized spacial score (nSPS) is 9.86. The quantitative estimate of drug-likeness (QED) is 0.703. The van der Waals surface area contributed by atoms with Gasteiger partial charge < -0.3 is 11.1 Å². The molecule has 0 saturated heterocycles. The second-order valence-corrected chi connectivity index (χ2v) is 3.01. The number of anilines is 1. The molecule has 0 unspecified atom stereocenters. The molecule has 76 valence electrons. The summed E-state index contributed by atoms with van der Waals surface area (Å²) in [7, 11) is 0. The first-order valence-electron chi connectivity index (χ1n) is 4.61. The molecule has 1 aromatic rings. The first kappa shape index (κ1) is 10.7. The maximum absolute atomic E-state index is 12.9. The Labute approximate surface area is 83.6 Å². The van der Waals surface area contributed by atoms with Gasteiger partial charge in [0.2, 0.25) is 0 Å². The van der Waals surface area contributed by atoms with E-state index in [1.807, 2.05) is 0 Å². The van der Waals surface area contributed by atoms with Crippen molar-refractivity contribution in [2.75, 3.05) is 18.4 Å². The third-order valence-electron chi connectivity index (χ3n) is 1.92. The molecule has 0 aliphatic carbocycles. The molecule has 0 amide bonds. The molecule has 3 heteroatoms. The maximum atomic E-state index is 12.9. The van der Waals surface area contributed by atoms with Crippen molar-refractivity contribution in [3.63, 3.8) is 0 Å². The van der Waals surface area contributed by atoms with Gasteiger partial charge in [0.15, 0.2) is 0 Å². The molecule has 1 aromatic carbocycles. The third-order valence-corrected chi connectivity index (χ3v) is 1.92. The van der Waals surface area contributed by atoms with Gasteiger partial charge in [0, 0.05) is 12.2 Å². The van der Waals surface area contributed by atoms with Gasteiger partial charge in [0.1, 0.15) is 5.82 Å². The molecule has 3 N–H and O–H groups in total. The van der Waals surface area contributed by atoms with Crippen molar-refractivity contribution in [3.05, 3.63) is 42.2 Å². The highest BCUT2D eigenvalue weighted by Crippen LogP contribution is 2.17. The zero-order valence-electron chi connectivity index (χ0n) is 8.09. The van der Waals surface area contributed by atoms with Crippen molar-refractivity contribution in [1.29, 1.82) is 0 Å².